The van der Waals surface area contributed by atoms with Gasteiger partial charge in [-0.25, -0.2) is 0 Å². The Bertz CT molecular complexity index is 161. The molecule has 1 aliphatic heterocycles. The maximum atomic E-state index is 5.83. The molecule has 12 heavy (non-hydrogen) atoms. The van der Waals surface area contributed by atoms with E-state index < -0.39 is 0 Å². The van der Waals surface area contributed by atoms with E-state index in [9.17, 15) is 0 Å². The van der Waals surface area contributed by atoms with E-state index >= 15 is 0 Å². The molecule has 2 unspecified atom stereocenters. The summed E-state index contributed by atoms with van der Waals surface area (Å²) >= 11 is 0. The van der Waals surface area contributed by atoms with E-state index in [0.717, 1.165) is 12.5 Å². The second-order valence-corrected chi connectivity index (χ2v) is 3.98. The van der Waals surface area contributed by atoms with E-state index in [1.165, 1.54) is 19.3 Å². The monoisotopic (exact) mass is 168 g/mol. The molecule has 2 fully saturated rings. The molecule has 0 aromatic carbocycles. The highest BCUT2D eigenvalue weighted by molar-refractivity contribution is 6.11. The molecule has 0 aromatic rings. The van der Waals surface area contributed by atoms with E-state index in [2.05, 4.69) is 14.8 Å². The largest absolute Gasteiger partial charge is 0.381 e. The zero-order valence-corrected chi connectivity index (χ0v) is 7.95. The summed E-state index contributed by atoms with van der Waals surface area (Å²) in [5.74, 6) is 0.788. The van der Waals surface area contributed by atoms with Gasteiger partial charge in [0.1, 0.15) is 7.85 Å². The molecule has 68 valence electrons. The molecule has 0 amide bonds. The van der Waals surface area contributed by atoms with Gasteiger partial charge in [-0.15, -0.1) is 0 Å². The van der Waals surface area contributed by atoms with Gasteiger partial charge >= 0.3 is 0 Å². The van der Waals surface area contributed by atoms with Gasteiger partial charge in [0.05, 0.1) is 12.2 Å². The minimum absolute atomic E-state index is 0.393. The fourth-order valence-electron chi connectivity index (χ4n) is 2.60. The molecule has 0 radical (unpaired) electrons. The first kappa shape index (κ1) is 8.58. The van der Waals surface area contributed by atoms with Crippen LogP contribution < -0.4 is 0 Å². The lowest BCUT2D eigenvalue weighted by Gasteiger charge is -2.18. The molecule has 1 aliphatic carbocycles. The van der Waals surface area contributed by atoms with Crippen molar-refractivity contribution in [2.24, 2.45) is 5.92 Å². The Hall–Kier alpha value is -0.0151. The van der Waals surface area contributed by atoms with Gasteiger partial charge in [-0.1, -0.05) is 0 Å². The smallest absolute Gasteiger partial charge is 0.139 e. The first-order valence-corrected chi connectivity index (χ1v) is 5.08. The zero-order chi connectivity index (χ0) is 8.55. The number of hydrogen-bond acceptors (Lipinski definition) is 2. The van der Waals surface area contributed by atoms with Crippen molar-refractivity contribution < 1.29 is 9.47 Å². The summed E-state index contributed by atoms with van der Waals surface area (Å²) in [6.45, 7) is 2.89. The van der Waals surface area contributed by atoms with Crippen LogP contribution >= 0.6 is 0 Å². The Morgan fingerprint density at radius 1 is 1.50 bits per heavy atom. The highest BCUT2D eigenvalue weighted by Crippen LogP contribution is 2.39. The first-order valence-electron chi connectivity index (χ1n) is 5.08. The van der Waals surface area contributed by atoms with E-state index in [-0.39, 0.29) is 0 Å². The molecule has 3 heteroatoms. The van der Waals surface area contributed by atoms with Gasteiger partial charge < -0.3 is 9.47 Å². The number of hydrogen-bond donors (Lipinski definition) is 0. The molecule has 1 saturated heterocycles. The van der Waals surface area contributed by atoms with Crippen LogP contribution in [0.5, 0.6) is 0 Å². The summed E-state index contributed by atoms with van der Waals surface area (Å²) in [4.78, 5) is 0. The van der Waals surface area contributed by atoms with Gasteiger partial charge in [-0.05, 0) is 32.1 Å². The van der Waals surface area contributed by atoms with Crippen molar-refractivity contribution >= 4 is 7.85 Å². The molecular weight excluding hydrogens is 151 g/mol. The van der Waals surface area contributed by atoms with Crippen LogP contribution in [0.3, 0.4) is 0 Å². The van der Waals surface area contributed by atoms with Crippen LogP contribution in [0.1, 0.15) is 26.2 Å². The molecule has 2 aliphatic rings. The minimum atomic E-state index is 0.393. The molecule has 2 rings (SSSR count). The van der Waals surface area contributed by atoms with Gasteiger partial charge in [0.25, 0.3) is 0 Å². The molecule has 4 atom stereocenters. The third kappa shape index (κ3) is 1.40. The molecule has 1 saturated carbocycles. The molecule has 0 aromatic heterocycles. The van der Waals surface area contributed by atoms with Crippen LogP contribution in [-0.4, -0.2) is 32.7 Å². The van der Waals surface area contributed by atoms with Crippen molar-refractivity contribution in [2.45, 2.75) is 44.4 Å². The lowest BCUT2D eigenvalue weighted by atomic mass is 9.91. The predicted molar refractivity (Wildman–Crippen MR) is 50.0 cm³/mol. The maximum Gasteiger partial charge on any atom is 0.139 e. The Kier molecular flexibility index (Phi) is 2.42. The summed E-state index contributed by atoms with van der Waals surface area (Å²) in [6.07, 6.45) is 4.56. The van der Waals surface area contributed by atoms with Crippen LogP contribution in [0.2, 0.25) is 0 Å². The van der Waals surface area contributed by atoms with Crippen LogP contribution in [0.25, 0.3) is 0 Å². The molecule has 1 heterocycles. The Balaban J connectivity index is 1.94. The summed E-state index contributed by atoms with van der Waals surface area (Å²) in [7, 11) is 2.17. The standard InChI is InChI=1S/C9H17BO2/c1-2-11-7-4-3-6-5-8(10)12-9(6)7/h6-9H,2-5,10H2,1H3/t6?,7-,8-,9?/m1/s1. The lowest BCUT2D eigenvalue weighted by molar-refractivity contribution is -0.0432. The van der Waals surface area contributed by atoms with E-state index in [1.807, 2.05) is 0 Å². The summed E-state index contributed by atoms with van der Waals surface area (Å²) in [6, 6.07) is 0.461. The third-order valence-corrected chi connectivity index (χ3v) is 3.06. The SMILES string of the molecule is B[C@H]1CC2CC[C@@H](OCC)C2O1. The van der Waals surface area contributed by atoms with Crippen LogP contribution in [0.4, 0.5) is 0 Å². The average Bonchev–Trinajstić information content (AvgIpc) is 2.52. The van der Waals surface area contributed by atoms with Crippen molar-refractivity contribution in [1.82, 2.24) is 0 Å². The molecule has 2 nitrogen and oxygen atoms in total. The lowest BCUT2D eigenvalue weighted by Crippen LogP contribution is -2.27. The maximum absolute atomic E-state index is 5.83. The van der Waals surface area contributed by atoms with Crippen LogP contribution in [0.15, 0.2) is 0 Å². The van der Waals surface area contributed by atoms with Crippen molar-refractivity contribution in [3.8, 4) is 0 Å². The summed E-state index contributed by atoms with van der Waals surface area (Å²) in [5, 5.41) is 0. The van der Waals surface area contributed by atoms with Crippen LogP contribution in [-0.2, 0) is 9.47 Å². The first-order chi connectivity index (χ1) is 5.81. The van der Waals surface area contributed by atoms with Gasteiger partial charge in [0, 0.05) is 12.6 Å². The Morgan fingerprint density at radius 3 is 3.08 bits per heavy atom. The second-order valence-electron chi connectivity index (χ2n) is 3.98. The van der Waals surface area contributed by atoms with Gasteiger partial charge in [0.15, 0.2) is 0 Å². The molecular formula is C9H17BO2. The topological polar surface area (TPSA) is 18.5 Å². The third-order valence-electron chi connectivity index (χ3n) is 3.06. The van der Waals surface area contributed by atoms with Crippen molar-refractivity contribution in [3.05, 3.63) is 0 Å². The molecule has 0 N–H and O–H groups in total. The van der Waals surface area contributed by atoms with Gasteiger partial charge in [-0.3, -0.25) is 0 Å². The Labute approximate surface area is 75.0 Å². The highest BCUT2D eigenvalue weighted by atomic mass is 16.5. The normalized spacial score (nSPS) is 46.4. The van der Waals surface area contributed by atoms with E-state index in [4.69, 9.17) is 9.47 Å². The number of rotatable bonds is 2. The fraction of sp³-hybridized carbons (Fsp3) is 1.00. The predicted octanol–water partition coefficient (Wildman–Crippen LogP) is 0.550. The summed E-state index contributed by atoms with van der Waals surface area (Å²) in [5.41, 5.74) is 0. The second kappa shape index (κ2) is 3.39. The van der Waals surface area contributed by atoms with Crippen molar-refractivity contribution in [2.75, 3.05) is 6.61 Å². The van der Waals surface area contributed by atoms with Crippen LogP contribution in [0, 0.1) is 5.92 Å². The van der Waals surface area contributed by atoms with E-state index in [1.54, 1.807) is 0 Å². The van der Waals surface area contributed by atoms with Crippen molar-refractivity contribution in [1.29, 1.82) is 0 Å². The zero-order valence-electron chi connectivity index (χ0n) is 7.95. The van der Waals surface area contributed by atoms with Gasteiger partial charge in [-0.2, -0.15) is 0 Å². The highest BCUT2D eigenvalue weighted by Gasteiger charge is 2.43. The summed E-state index contributed by atoms with van der Waals surface area (Å²) < 4.78 is 11.5. The molecule has 0 bridgehead atoms. The minimum Gasteiger partial charge on any atom is -0.381 e. The quantitative estimate of drug-likeness (QED) is 0.560. The average molecular weight is 168 g/mol. The van der Waals surface area contributed by atoms with Gasteiger partial charge in [0.2, 0.25) is 0 Å². The van der Waals surface area contributed by atoms with E-state index in [0.29, 0.717) is 18.2 Å². The fourth-order valence-corrected chi connectivity index (χ4v) is 2.60. The van der Waals surface area contributed by atoms with Crippen molar-refractivity contribution in [3.63, 3.8) is 0 Å². The Morgan fingerprint density at radius 2 is 2.33 bits per heavy atom. The number of ether oxygens (including phenoxy) is 2. The molecule has 0 spiro atoms. The number of fused-ring (bicyclic) bond motifs is 1.